The van der Waals surface area contributed by atoms with Crippen molar-refractivity contribution in [2.75, 3.05) is 0 Å². The first-order valence-corrected chi connectivity index (χ1v) is 17.3. The summed E-state index contributed by atoms with van der Waals surface area (Å²) in [7, 11) is 0. The third-order valence-electron chi connectivity index (χ3n) is 10.3. The summed E-state index contributed by atoms with van der Waals surface area (Å²) in [5, 5.41) is 4.72. The first-order valence-electron chi connectivity index (χ1n) is 17.3. The Bertz CT molecular complexity index is 2890. The average Bonchev–Trinajstić information content (AvgIpc) is 3.73. The molecule has 51 heavy (non-hydrogen) atoms. The molecule has 9 aromatic rings. The molecule has 6 aromatic carbocycles. The van der Waals surface area contributed by atoms with Gasteiger partial charge in [-0.05, 0) is 6.07 Å². The van der Waals surface area contributed by atoms with Gasteiger partial charge in [-0.15, -0.1) is 0 Å². The number of benzene rings is 6. The Balaban J connectivity index is 1.30. The second-order valence-corrected chi connectivity index (χ2v) is 13.1. The standard InChI is InChI=1S/C45H29N6/c1-4-15-29(16-5-1)43-46-44(30-17-6-2-7-18-30)48-45(47-43)51-36-23-11-10-21-32(36)34-27-28-35-33-22-14-26-39-40(33)50(41(35)42(34)51)38-25-13-12-24-37(38)49(39)31-19-8-3-9-20-31/h1-28,38H/q+1. The molecule has 11 rings (SSSR count). The molecule has 0 saturated carbocycles. The Labute approximate surface area is 293 Å². The third-order valence-corrected chi connectivity index (χ3v) is 10.3. The summed E-state index contributed by atoms with van der Waals surface area (Å²) in [4.78, 5) is 15.5. The van der Waals surface area contributed by atoms with Crippen molar-refractivity contribution in [3.05, 3.63) is 170 Å². The Kier molecular flexibility index (Phi) is 5.92. The molecule has 0 bridgehead atoms. The Morgan fingerprint density at radius 2 is 1.10 bits per heavy atom. The highest BCUT2D eigenvalue weighted by Crippen LogP contribution is 2.47. The molecule has 3 aromatic heterocycles. The van der Waals surface area contributed by atoms with E-state index in [1.165, 1.54) is 22.0 Å². The van der Waals surface area contributed by atoms with Gasteiger partial charge in [-0.2, -0.15) is 14.5 Å². The molecule has 4 heterocycles. The first kappa shape index (κ1) is 28.0. The van der Waals surface area contributed by atoms with E-state index in [4.69, 9.17) is 15.0 Å². The van der Waals surface area contributed by atoms with E-state index >= 15 is 0 Å². The SMILES string of the molecule is C1=CC2=[N+](c3ccccc3)c3cccc4c5ccc6c7ccccc7n(-c7nc(-c8ccccc8)nc(-c8ccccc8)n7)c6c5n(c34)C2C=C1. The van der Waals surface area contributed by atoms with Gasteiger partial charge in [-0.25, -0.2) is 4.98 Å². The molecule has 2 aliphatic rings. The van der Waals surface area contributed by atoms with Crippen LogP contribution in [-0.2, 0) is 0 Å². The van der Waals surface area contributed by atoms with Crippen molar-refractivity contribution in [3.8, 4) is 28.7 Å². The van der Waals surface area contributed by atoms with Gasteiger partial charge < -0.3 is 4.57 Å². The minimum absolute atomic E-state index is 0.0275. The minimum Gasteiger partial charge on any atom is -0.316 e. The van der Waals surface area contributed by atoms with Gasteiger partial charge in [0.15, 0.2) is 11.6 Å². The molecule has 0 fully saturated rings. The van der Waals surface area contributed by atoms with Gasteiger partial charge in [0.05, 0.1) is 16.6 Å². The van der Waals surface area contributed by atoms with E-state index in [0.29, 0.717) is 17.6 Å². The third kappa shape index (κ3) is 4.04. The molecule has 1 unspecified atom stereocenters. The van der Waals surface area contributed by atoms with Crippen LogP contribution in [0.3, 0.4) is 0 Å². The summed E-state index contributed by atoms with van der Waals surface area (Å²) in [5.41, 5.74) is 9.89. The number of para-hydroxylation sites is 3. The monoisotopic (exact) mass is 653 g/mol. The lowest BCUT2D eigenvalue weighted by molar-refractivity contribution is 0.781. The van der Waals surface area contributed by atoms with Crippen molar-refractivity contribution in [2.24, 2.45) is 0 Å². The van der Waals surface area contributed by atoms with Gasteiger partial charge in [0.2, 0.25) is 23.0 Å². The molecule has 0 amide bonds. The second kappa shape index (κ2) is 10.8. The van der Waals surface area contributed by atoms with Crippen LogP contribution in [0.4, 0.5) is 11.4 Å². The van der Waals surface area contributed by atoms with Crippen LogP contribution in [0.1, 0.15) is 6.04 Å². The van der Waals surface area contributed by atoms with Crippen molar-refractivity contribution in [2.45, 2.75) is 6.04 Å². The summed E-state index contributed by atoms with van der Waals surface area (Å²) in [6, 6.07) is 50.9. The maximum absolute atomic E-state index is 5.25. The van der Waals surface area contributed by atoms with Crippen molar-refractivity contribution in [1.29, 1.82) is 0 Å². The highest BCUT2D eigenvalue weighted by Gasteiger charge is 2.38. The van der Waals surface area contributed by atoms with Crippen LogP contribution >= 0.6 is 0 Å². The summed E-state index contributed by atoms with van der Waals surface area (Å²) < 4.78 is 7.23. The van der Waals surface area contributed by atoms with Gasteiger partial charge in [0.25, 0.3) is 0 Å². The maximum Gasteiger partial charge on any atom is 0.238 e. The van der Waals surface area contributed by atoms with Crippen LogP contribution in [-0.4, -0.2) is 29.8 Å². The van der Waals surface area contributed by atoms with Gasteiger partial charge in [-0.1, -0.05) is 140 Å². The zero-order valence-electron chi connectivity index (χ0n) is 27.4. The highest BCUT2D eigenvalue weighted by molar-refractivity contribution is 6.26. The van der Waals surface area contributed by atoms with Gasteiger partial charge in [0.1, 0.15) is 11.6 Å². The Morgan fingerprint density at radius 3 is 1.82 bits per heavy atom. The van der Waals surface area contributed by atoms with Crippen molar-refractivity contribution in [1.82, 2.24) is 28.7 Å². The fraction of sp³-hybridized carbons (Fsp3) is 0.0222. The maximum atomic E-state index is 5.25. The Hall–Kier alpha value is -6.92. The summed E-state index contributed by atoms with van der Waals surface area (Å²) >= 11 is 0. The second-order valence-electron chi connectivity index (χ2n) is 13.1. The molecular weight excluding hydrogens is 625 g/mol. The van der Waals surface area contributed by atoms with E-state index in [2.05, 4.69) is 147 Å². The smallest absolute Gasteiger partial charge is 0.238 e. The number of allylic oxidation sites excluding steroid dienone is 4. The Morgan fingerprint density at radius 1 is 0.490 bits per heavy atom. The van der Waals surface area contributed by atoms with Gasteiger partial charge in [0, 0.05) is 56.9 Å². The summed E-state index contributed by atoms with van der Waals surface area (Å²) in [5.74, 6) is 1.86. The van der Waals surface area contributed by atoms with E-state index in [-0.39, 0.29) is 6.04 Å². The number of rotatable bonds is 4. The van der Waals surface area contributed by atoms with Gasteiger partial charge in [-0.3, -0.25) is 4.57 Å². The lowest BCUT2D eigenvalue weighted by Crippen LogP contribution is -2.30. The molecule has 238 valence electrons. The predicted molar refractivity (Wildman–Crippen MR) is 208 cm³/mol. The molecule has 1 aliphatic carbocycles. The molecule has 6 nitrogen and oxygen atoms in total. The number of fused-ring (bicyclic) bond motifs is 9. The van der Waals surface area contributed by atoms with Crippen LogP contribution in [0.5, 0.6) is 0 Å². The molecule has 0 saturated heterocycles. The number of aromatic nitrogens is 5. The fourth-order valence-corrected chi connectivity index (χ4v) is 8.13. The number of hydrogen-bond acceptors (Lipinski definition) is 3. The minimum atomic E-state index is -0.0275. The van der Waals surface area contributed by atoms with Crippen LogP contribution < -0.4 is 4.58 Å². The average molecular weight is 654 g/mol. The molecule has 1 aliphatic heterocycles. The molecule has 0 N–H and O–H groups in total. The molecule has 0 spiro atoms. The lowest BCUT2D eigenvalue weighted by Gasteiger charge is -2.25. The normalized spacial score (nSPS) is 15.0. The first-order chi connectivity index (χ1) is 25.3. The van der Waals surface area contributed by atoms with Crippen LogP contribution in [0.15, 0.2) is 170 Å². The predicted octanol–water partition coefficient (Wildman–Crippen LogP) is 10.4. The largest absolute Gasteiger partial charge is 0.316 e. The highest BCUT2D eigenvalue weighted by atomic mass is 15.2. The topological polar surface area (TPSA) is 51.5 Å². The van der Waals surface area contributed by atoms with Crippen LogP contribution in [0.2, 0.25) is 0 Å². The summed E-state index contributed by atoms with van der Waals surface area (Å²) in [6.07, 6.45) is 8.89. The fourth-order valence-electron chi connectivity index (χ4n) is 8.13. The summed E-state index contributed by atoms with van der Waals surface area (Å²) in [6.45, 7) is 0. The van der Waals surface area contributed by atoms with Crippen molar-refractivity contribution >= 4 is 60.7 Å². The molecule has 6 heteroatoms. The van der Waals surface area contributed by atoms with Gasteiger partial charge >= 0.3 is 0 Å². The lowest BCUT2D eigenvalue weighted by atomic mass is 10.0. The van der Waals surface area contributed by atoms with Crippen molar-refractivity contribution in [3.63, 3.8) is 0 Å². The van der Waals surface area contributed by atoms with E-state index in [9.17, 15) is 0 Å². The molecule has 0 radical (unpaired) electrons. The zero-order chi connectivity index (χ0) is 33.5. The van der Waals surface area contributed by atoms with E-state index in [0.717, 1.165) is 49.8 Å². The molecule has 1 atom stereocenters. The number of nitrogens with zero attached hydrogens (tertiary/aromatic N) is 6. The van der Waals surface area contributed by atoms with Crippen molar-refractivity contribution < 1.29 is 0 Å². The zero-order valence-corrected chi connectivity index (χ0v) is 27.4. The quantitative estimate of drug-likeness (QED) is 0.178. The van der Waals surface area contributed by atoms with E-state index in [1.54, 1.807) is 0 Å². The van der Waals surface area contributed by atoms with Crippen LogP contribution in [0, 0.1) is 0 Å². The van der Waals surface area contributed by atoms with E-state index in [1.807, 2.05) is 36.4 Å². The van der Waals surface area contributed by atoms with E-state index < -0.39 is 0 Å². The number of hydrogen-bond donors (Lipinski definition) is 0. The molecular formula is C45H29N6+. The van der Waals surface area contributed by atoms with Crippen LogP contribution in [0.25, 0.3) is 72.3 Å².